The minimum absolute atomic E-state index is 0.0197. The first kappa shape index (κ1) is 41.4. The molecule has 2 aromatic carbocycles. The Balaban J connectivity index is 1.69. The lowest BCUT2D eigenvalue weighted by Gasteiger charge is -2.29. The highest BCUT2D eigenvalue weighted by molar-refractivity contribution is 7.90. The smallest absolute Gasteiger partial charge is 0.413 e. The van der Waals surface area contributed by atoms with E-state index in [4.69, 9.17) is 15.2 Å². The Hall–Kier alpha value is -5.98. The molecule has 53 heavy (non-hydrogen) atoms. The third-order valence-corrected chi connectivity index (χ3v) is 8.48. The molecule has 1 aromatic heterocycles. The molecule has 0 spiro atoms. The number of carboxylic acid groups (broad SMARTS) is 1. The first-order valence-corrected chi connectivity index (χ1v) is 17.9. The van der Waals surface area contributed by atoms with E-state index in [2.05, 4.69) is 25.3 Å². The van der Waals surface area contributed by atoms with Crippen molar-refractivity contribution < 1.29 is 42.2 Å². The van der Waals surface area contributed by atoms with Crippen LogP contribution in [0.5, 0.6) is 0 Å². The largest absolute Gasteiger partial charge is 0.480 e. The molecule has 0 fully saturated rings. The van der Waals surface area contributed by atoms with Crippen molar-refractivity contribution in [2.24, 2.45) is 10.7 Å². The van der Waals surface area contributed by atoms with Gasteiger partial charge < -0.3 is 30.5 Å². The number of sulfonamides is 1. The number of aryl methyl sites for hydroxylation is 1. The predicted octanol–water partition coefficient (Wildman–Crippen LogP) is 2.18. The van der Waals surface area contributed by atoms with Crippen LogP contribution in [-0.4, -0.2) is 89.3 Å². The SMILES string of the molecule is Cc1ccc(S(=O)(=O)NC(N)=NCCC[C@@H](C(=O)O)N(CCNC(=O)OC(C)(C)C)C(=O)Cn2ccc(NC(=O)OCc3ccccc3)nc2=O)cc1. The monoisotopic (exact) mass is 756 g/mol. The van der Waals surface area contributed by atoms with E-state index in [1.165, 1.54) is 24.4 Å². The Morgan fingerprint density at radius 3 is 2.34 bits per heavy atom. The molecule has 1 heterocycles. The fraction of sp³-hybridized carbons (Fsp3) is 0.382. The standard InChI is InChI=1S/C34H44N8O10S/c1-23-12-14-25(15-13-23)53(49,50)40-30(35)36-17-8-11-26(29(44)45)42(20-18-37-32(47)52-34(2,3)4)28(43)21-41-19-16-27(38-31(41)46)39-33(48)51-22-24-9-6-5-7-10-24/h5-7,9-10,12-16,19,26H,8,11,17-18,20-22H2,1-4H3,(H,37,47)(H,44,45)(H3,35,36,40)(H,38,39,46,48)/t26-/m0/s1. The molecule has 3 rings (SSSR count). The number of hydrogen-bond acceptors (Lipinski definition) is 11. The third kappa shape index (κ3) is 14.3. The van der Waals surface area contributed by atoms with Gasteiger partial charge in [-0.2, -0.15) is 4.98 Å². The van der Waals surface area contributed by atoms with Crippen LogP contribution in [-0.2, 0) is 42.2 Å². The first-order chi connectivity index (χ1) is 24.9. The number of carboxylic acids is 1. The van der Waals surface area contributed by atoms with Crippen LogP contribution >= 0.6 is 0 Å². The molecule has 1 atom stereocenters. The van der Waals surface area contributed by atoms with E-state index in [1.807, 2.05) is 6.07 Å². The lowest BCUT2D eigenvalue weighted by molar-refractivity contribution is -0.150. The second-order valence-electron chi connectivity index (χ2n) is 12.6. The van der Waals surface area contributed by atoms with Gasteiger partial charge in [-0.1, -0.05) is 48.0 Å². The molecule has 0 bridgehead atoms. The second kappa shape index (κ2) is 19.0. The van der Waals surface area contributed by atoms with Crippen molar-refractivity contribution in [2.45, 2.75) is 70.2 Å². The summed E-state index contributed by atoms with van der Waals surface area (Å²) in [5.74, 6) is -2.74. The van der Waals surface area contributed by atoms with Crippen LogP contribution in [0, 0.1) is 6.92 Å². The summed E-state index contributed by atoms with van der Waals surface area (Å²) in [5, 5.41) is 14.9. The van der Waals surface area contributed by atoms with Crippen LogP contribution in [0.25, 0.3) is 0 Å². The Labute approximate surface area is 306 Å². The van der Waals surface area contributed by atoms with Gasteiger partial charge in [0.05, 0.1) is 4.90 Å². The quantitative estimate of drug-likeness (QED) is 0.0801. The maximum atomic E-state index is 13.6. The molecule has 286 valence electrons. The number of aliphatic carboxylic acids is 1. The number of hydrogen-bond donors (Lipinski definition) is 5. The summed E-state index contributed by atoms with van der Waals surface area (Å²) < 4.78 is 38.6. The van der Waals surface area contributed by atoms with Crippen LogP contribution in [0.1, 0.15) is 44.7 Å². The van der Waals surface area contributed by atoms with E-state index in [-0.39, 0.29) is 49.8 Å². The average molecular weight is 757 g/mol. The molecular weight excluding hydrogens is 712 g/mol. The van der Waals surface area contributed by atoms with Crippen molar-refractivity contribution in [3.8, 4) is 0 Å². The molecule has 0 aliphatic carbocycles. The highest BCUT2D eigenvalue weighted by atomic mass is 32.2. The van der Waals surface area contributed by atoms with E-state index in [1.54, 1.807) is 64.1 Å². The Morgan fingerprint density at radius 2 is 1.72 bits per heavy atom. The van der Waals surface area contributed by atoms with Crippen LogP contribution < -0.4 is 26.8 Å². The number of alkyl carbamates (subject to hydrolysis) is 1. The molecule has 0 saturated heterocycles. The number of guanidine groups is 1. The summed E-state index contributed by atoms with van der Waals surface area (Å²) in [7, 11) is -4.01. The van der Waals surface area contributed by atoms with Crippen LogP contribution in [0.15, 0.2) is 81.5 Å². The van der Waals surface area contributed by atoms with E-state index in [0.717, 1.165) is 20.6 Å². The summed E-state index contributed by atoms with van der Waals surface area (Å²) in [6.07, 6.45) is -0.564. The molecule has 0 aliphatic rings. The Bertz CT molecular complexity index is 1930. The van der Waals surface area contributed by atoms with Crippen LogP contribution in [0.3, 0.4) is 0 Å². The van der Waals surface area contributed by atoms with E-state index < -0.39 is 63.9 Å². The van der Waals surface area contributed by atoms with Crippen molar-refractivity contribution in [2.75, 3.05) is 25.0 Å². The van der Waals surface area contributed by atoms with Crippen molar-refractivity contribution in [3.05, 3.63) is 88.5 Å². The normalized spacial score (nSPS) is 12.3. The maximum Gasteiger partial charge on any atom is 0.413 e. The molecule has 3 amide bonds. The minimum atomic E-state index is -4.01. The zero-order valence-corrected chi connectivity index (χ0v) is 30.6. The number of nitrogens with two attached hydrogens (primary N) is 1. The van der Waals surface area contributed by atoms with Crippen molar-refractivity contribution in [1.29, 1.82) is 0 Å². The molecule has 19 heteroatoms. The van der Waals surface area contributed by atoms with Gasteiger partial charge >= 0.3 is 23.8 Å². The van der Waals surface area contributed by atoms with Gasteiger partial charge in [-0.25, -0.2) is 32.3 Å². The summed E-state index contributed by atoms with van der Waals surface area (Å²) in [4.78, 5) is 72.0. The van der Waals surface area contributed by atoms with E-state index in [0.29, 0.717) is 0 Å². The molecule has 0 radical (unpaired) electrons. The molecule has 0 saturated carbocycles. The van der Waals surface area contributed by atoms with E-state index >= 15 is 0 Å². The molecule has 0 unspecified atom stereocenters. The number of aromatic nitrogens is 2. The van der Waals surface area contributed by atoms with Gasteiger partial charge in [0.2, 0.25) is 11.9 Å². The number of amides is 3. The number of aliphatic imine (C=N–C) groups is 1. The van der Waals surface area contributed by atoms with Crippen LogP contribution in [0.4, 0.5) is 15.4 Å². The van der Waals surface area contributed by atoms with Gasteiger partial charge in [-0.15, -0.1) is 0 Å². The van der Waals surface area contributed by atoms with Gasteiger partial charge in [-0.3, -0.25) is 19.7 Å². The minimum Gasteiger partial charge on any atom is -0.480 e. The predicted molar refractivity (Wildman–Crippen MR) is 193 cm³/mol. The van der Waals surface area contributed by atoms with E-state index in [9.17, 15) is 37.5 Å². The molecule has 6 N–H and O–H groups in total. The Morgan fingerprint density at radius 1 is 1.04 bits per heavy atom. The fourth-order valence-electron chi connectivity index (χ4n) is 4.61. The van der Waals surface area contributed by atoms with Gasteiger partial charge in [0.25, 0.3) is 10.0 Å². The number of anilines is 1. The zero-order chi connectivity index (χ0) is 39.2. The zero-order valence-electron chi connectivity index (χ0n) is 29.8. The summed E-state index contributed by atoms with van der Waals surface area (Å²) in [5.41, 5.74) is 5.66. The molecule has 18 nitrogen and oxygen atoms in total. The van der Waals surface area contributed by atoms with Gasteiger partial charge in [0, 0.05) is 25.8 Å². The number of nitrogens with one attached hydrogen (secondary N) is 3. The number of rotatable bonds is 16. The molecule has 3 aromatic rings. The second-order valence-corrected chi connectivity index (χ2v) is 14.3. The summed E-state index contributed by atoms with van der Waals surface area (Å²) in [6, 6.07) is 14.8. The maximum absolute atomic E-state index is 13.6. The number of benzene rings is 2. The van der Waals surface area contributed by atoms with Crippen molar-refractivity contribution in [1.82, 2.24) is 24.5 Å². The number of nitrogens with zero attached hydrogens (tertiary/aromatic N) is 4. The molecular formula is C34H44N8O10S. The van der Waals surface area contributed by atoms with Crippen molar-refractivity contribution >= 4 is 45.9 Å². The molecule has 0 aliphatic heterocycles. The number of ether oxygens (including phenoxy) is 2. The average Bonchev–Trinajstić information content (AvgIpc) is 3.07. The van der Waals surface area contributed by atoms with Gasteiger partial charge in [0.15, 0.2) is 0 Å². The highest BCUT2D eigenvalue weighted by Gasteiger charge is 2.30. The number of carbonyl (C=O) groups excluding carboxylic acids is 3. The first-order valence-electron chi connectivity index (χ1n) is 16.4. The highest BCUT2D eigenvalue weighted by Crippen LogP contribution is 2.12. The summed E-state index contributed by atoms with van der Waals surface area (Å²) >= 11 is 0. The fourth-order valence-corrected chi connectivity index (χ4v) is 5.56. The topological polar surface area (TPSA) is 254 Å². The van der Waals surface area contributed by atoms with Gasteiger partial charge in [0.1, 0.15) is 30.6 Å². The van der Waals surface area contributed by atoms with Crippen molar-refractivity contribution in [3.63, 3.8) is 0 Å². The third-order valence-electron chi connectivity index (χ3n) is 7.11. The lowest BCUT2D eigenvalue weighted by Crippen LogP contribution is -2.50. The number of carbonyl (C=O) groups is 4. The summed E-state index contributed by atoms with van der Waals surface area (Å²) in [6.45, 7) is 5.54. The van der Waals surface area contributed by atoms with Crippen LogP contribution in [0.2, 0.25) is 0 Å². The Kier molecular flexibility index (Phi) is 14.9. The lowest BCUT2D eigenvalue weighted by atomic mass is 10.1. The van der Waals surface area contributed by atoms with Gasteiger partial charge in [-0.05, 0) is 64.3 Å².